The molecule has 1 aromatic carbocycles. The van der Waals surface area contributed by atoms with Crippen molar-refractivity contribution in [3.8, 4) is 0 Å². The topological polar surface area (TPSA) is 12.0 Å². The van der Waals surface area contributed by atoms with E-state index in [9.17, 15) is 0 Å². The third-order valence-electron chi connectivity index (χ3n) is 3.77. The Morgan fingerprint density at radius 3 is 3.00 bits per heavy atom. The molecule has 1 N–H and O–H groups in total. The monoisotopic (exact) mass is 261 g/mol. The van der Waals surface area contributed by atoms with E-state index >= 15 is 0 Å². The standard InChI is InChI=1S/C16H23NS/c1-3-12-18-16-11-6-5-9-15(16)17-14-10-7-8-13(14)4-2/h3,5-6,9,11,13-14,17H,1,4,7-8,10,12H2,2H3. The molecule has 2 unspecified atom stereocenters. The number of hydrogen-bond acceptors (Lipinski definition) is 2. The van der Waals surface area contributed by atoms with Gasteiger partial charge in [0.05, 0.1) is 0 Å². The van der Waals surface area contributed by atoms with Gasteiger partial charge < -0.3 is 5.32 Å². The number of benzene rings is 1. The summed E-state index contributed by atoms with van der Waals surface area (Å²) in [7, 11) is 0. The van der Waals surface area contributed by atoms with Gasteiger partial charge in [0.15, 0.2) is 0 Å². The number of rotatable bonds is 6. The van der Waals surface area contributed by atoms with E-state index < -0.39 is 0 Å². The van der Waals surface area contributed by atoms with Gasteiger partial charge in [0.1, 0.15) is 0 Å². The van der Waals surface area contributed by atoms with Crippen LogP contribution in [0.25, 0.3) is 0 Å². The Kier molecular flexibility index (Phi) is 5.18. The summed E-state index contributed by atoms with van der Waals surface area (Å²) >= 11 is 1.86. The molecule has 2 atom stereocenters. The molecule has 0 bridgehead atoms. The van der Waals surface area contributed by atoms with E-state index in [1.807, 2.05) is 17.8 Å². The average molecular weight is 261 g/mol. The highest BCUT2D eigenvalue weighted by atomic mass is 32.2. The Bertz CT molecular complexity index is 388. The second-order valence-electron chi connectivity index (χ2n) is 4.95. The van der Waals surface area contributed by atoms with E-state index in [-0.39, 0.29) is 0 Å². The fraction of sp³-hybridized carbons (Fsp3) is 0.500. The first-order valence-electron chi connectivity index (χ1n) is 6.94. The van der Waals surface area contributed by atoms with Crippen LogP contribution in [0.5, 0.6) is 0 Å². The zero-order valence-electron chi connectivity index (χ0n) is 11.2. The maximum Gasteiger partial charge on any atom is 0.0480 e. The maximum atomic E-state index is 3.79. The van der Waals surface area contributed by atoms with Crippen molar-refractivity contribution in [2.75, 3.05) is 11.1 Å². The molecule has 2 heteroatoms. The van der Waals surface area contributed by atoms with Gasteiger partial charge in [0.25, 0.3) is 0 Å². The fourth-order valence-corrected chi connectivity index (χ4v) is 3.53. The van der Waals surface area contributed by atoms with Gasteiger partial charge in [-0.3, -0.25) is 0 Å². The van der Waals surface area contributed by atoms with Crippen LogP contribution in [0.3, 0.4) is 0 Å². The quantitative estimate of drug-likeness (QED) is 0.574. The van der Waals surface area contributed by atoms with E-state index in [1.165, 1.54) is 36.3 Å². The van der Waals surface area contributed by atoms with E-state index in [2.05, 4.69) is 43.1 Å². The van der Waals surface area contributed by atoms with Gasteiger partial charge in [-0.15, -0.1) is 18.3 Å². The molecule has 98 valence electrons. The molecule has 0 spiro atoms. The molecule has 2 rings (SSSR count). The minimum atomic E-state index is 0.667. The first-order valence-corrected chi connectivity index (χ1v) is 7.93. The first-order chi connectivity index (χ1) is 8.85. The zero-order valence-corrected chi connectivity index (χ0v) is 12.0. The molecule has 0 heterocycles. The molecule has 1 saturated carbocycles. The number of anilines is 1. The van der Waals surface area contributed by atoms with Crippen LogP contribution in [0.15, 0.2) is 41.8 Å². The third kappa shape index (κ3) is 3.32. The average Bonchev–Trinajstić information content (AvgIpc) is 2.85. The van der Waals surface area contributed by atoms with Crippen molar-refractivity contribution in [1.82, 2.24) is 0 Å². The van der Waals surface area contributed by atoms with Gasteiger partial charge in [-0.25, -0.2) is 0 Å². The lowest BCUT2D eigenvalue weighted by Crippen LogP contribution is -2.23. The van der Waals surface area contributed by atoms with Gasteiger partial charge >= 0.3 is 0 Å². The van der Waals surface area contributed by atoms with E-state index in [4.69, 9.17) is 0 Å². The second-order valence-corrected chi connectivity index (χ2v) is 6.01. The normalized spacial score (nSPS) is 22.9. The lowest BCUT2D eigenvalue weighted by molar-refractivity contribution is 0.488. The van der Waals surface area contributed by atoms with Crippen LogP contribution in [0.4, 0.5) is 5.69 Å². The summed E-state index contributed by atoms with van der Waals surface area (Å²) in [6.45, 7) is 6.10. The smallest absolute Gasteiger partial charge is 0.0480 e. The molecule has 1 aromatic rings. The second kappa shape index (κ2) is 6.89. The lowest BCUT2D eigenvalue weighted by Gasteiger charge is -2.22. The van der Waals surface area contributed by atoms with Crippen molar-refractivity contribution in [1.29, 1.82) is 0 Å². The molecule has 1 aliphatic rings. The minimum absolute atomic E-state index is 0.667. The molecule has 1 fully saturated rings. The van der Waals surface area contributed by atoms with Gasteiger partial charge in [-0.2, -0.15) is 0 Å². The summed E-state index contributed by atoms with van der Waals surface area (Å²) in [6.07, 6.45) is 7.33. The van der Waals surface area contributed by atoms with Gasteiger partial charge in [-0.05, 0) is 30.9 Å². The summed E-state index contributed by atoms with van der Waals surface area (Å²) in [5.41, 5.74) is 1.30. The Morgan fingerprint density at radius 1 is 1.39 bits per heavy atom. The predicted molar refractivity (Wildman–Crippen MR) is 82.4 cm³/mol. The molecule has 0 aromatic heterocycles. The minimum Gasteiger partial charge on any atom is -0.381 e. The molecule has 0 radical (unpaired) electrons. The van der Waals surface area contributed by atoms with Crippen molar-refractivity contribution < 1.29 is 0 Å². The van der Waals surface area contributed by atoms with Crippen LogP contribution < -0.4 is 5.32 Å². The summed E-state index contributed by atoms with van der Waals surface area (Å²) in [4.78, 5) is 1.35. The summed E-state index contributed by atoms with van der Waals surface area (Å²) in [6, 6.07) is 9.31. The number of para-hydroxylation sites is 1. The van der Waals surface area contributed by atoms with Gasteiger partial charge in [0, 0.05) is 22.4 Å². The van der Waals surface area contributed by atoms with Crippen molar-refractivity contribution in [2.45, 2.75) is 43.5 Å². The molecular weight excluding hydrogens is 238 g/mol. The number of thioether (sulfide) groups is 1. The van der Waals surface area contributed by atoms with Crippen LogP contribution in [0.2, 0.25) is 0 Å². The zero-order chi connectivity index (χ0) is 12.8. The SMILES string of the molecule is C=CCSc1ccccc1NC1CCCC1CC. The van der Waals surface area contributed by atoms with Crippen molar-refractivity contribution >= 4 is 17.4 Å². The molecular formula is C16H23NS. The molecule has 1 nitrogen and oxygen atoms in total. The van der Waals surface area contributed by atoms with E-state index in [0.29, 0.717) is 6.04 Å². The van der Waals surface area contributed by atoms with Gasteiger partial charge in [-0.1, -0.05) is 38.0 Å². The van der Waals surface area contributed by atoms with E-state index in [0.717, 1.165) is 11.7 Å². The first kappa shape index (κ1) is 13.5. The highest BCUT2D eigenvalue weighted by Gasteiger charge is 2.25. The van der Waals surface area contributed by atoms with Crippen molar-refractivity contribution in [3.63, 3.8) is 0 Å². The van der Waals surface area contributed by atoms with Crippen LogP contribution >= 0.6 is 11.8 Å². The Hall–Kier alpha value is -0.890. The van der Waals surface area contributed by atoms with E-state index in [1.54, 1.807) is 0 Å². The Labute approximate surface area is 115 Å². The molecule has 0 aliphatic heterocycles. The maximum absolute atomic E-state index is 3.79. The largest absolute Gasteiger partial charge is 0.381 e. The van der Waals surface area contributed by atoms with Crippen LogP contribution in [0, 0.1) is 5.92 Å². The molecule has 1 aliphatic carbocycles. The summed E-state index contributed by atoms with van der Waals surface area (Å²) in [5, 5.41) is 3.76. The highest BCUT2D eigenvalue weighted by molar-refractivity contribution is 7.99. The molecule has 0 amide bonds. The fourth-order valence-electron chi connectivity index (χ4n) is 2.78. The highest BCUT2D eigenvalue weighted by Crippen LogP contribution is 2.34. The molecule has 18 heavy (non-hydrogen) atoms. The third-order valence-corrected chi connectivity index (χ3v) is 4.84. The molecule has 0 saturated heterocycles. The number of hydrogen-bond donors (Lipinski definition) is 1. The summed E-state index contributed by atoms with van der Waals surface area (Å²) in [5.74, 6) is 1.82. The van der Waals surface area contributed by atoms with Crippen LogP contribution in [-0.2, 0) is 0 Å². The summed E-state index contributed by atoms with van der Waals surface area (Å²) < 4.78 is 0. The van der Waals surface area contributed by atoms with Crippen molar-refractivity contribution in [3.05, 3.63) is 36.9 Å². The predicted octanol–water partition coefficient (Wildman–Crippen LogP) is 4.96. The Balaban J connectivity index is 2.05. The van der Waals surface area contributed by atoms with Crippen LogP contribution in [-0.4, -0.2) is 11.8 Å². The Morgan fingerprint density at radius 2 is 2.22 bits per heavy atom. The lowest BCUT2D eigenvalue weighted by atomic mass is 10.0. The van der Waals surface area contributed by atoms with Gasteiger partial charge in [0.2, 0.25) is 0 Å². The van der Waals surface area contributed by atoms with Crippen molar-refractivity contribution in [2.24, 2.45) is 5.92 Å². The number of nitrogens with one attached hydrogen (secondary N) is 1. The van der Waals surface area contributed by atoms with Crippen LogP contribution in [0.1, 0.15) is 32.6 Å².